The number of nitrogens with one attached hydrogen (secondary N) is 1. The van der Waals surface area contributed by atoms with Crippen LogP contribution in [-0.2, 0) is 6.54 Å². The highest BCUT2D eigenvalue weighted by Gasteiger charge is 2.07. The maximum atomic E-state index is 4.49. The fourth-order valence-electron chi connectivity index (χ4n) is 1.87. The molecule has 1 aromatic heterocycles. The summed E-state index contributed by atoms with van der Waals surface area (Å²) in [4.78, 5) is 8.12. The van der Waals surface area contributed by atoms with E-state index in [-0.39, 0.29) is 0 Å². The molecule has 0 amide bonds. The van der Waals surface area contributed by atoms with Crippen LogP contribution in [0.2, 0.25) is 0 Å². The molecule has 0 aromatic carbocycles. The van der Waals surface area contributed by atoms with E-state index in [0.29, 0.717) is 0 Å². The molecule has 104 valence electrons. The lowest BCUT2D eigenvalue weighted by Gasteiger charge is -2.16. The lowest BCUT2D eigenvalue weighted by Crippen LogP contribution is -2.21. The van der Waals surface area contributed by atoms with Crippen molar-refractivity contribution >= 4 is 16.5 Å². The summed E-state index contributed by atoms with van der Waals surface area (Å²) in [6.45, 7) is 13.0. The first-order valence-electron chi connectivity index (χ1n) is 7.07. The zero-order valence-electron chi connectivity index (χ0n) is 12.2. The normalized spacial score (nSPS) is 11.2. The molecule has 0 unspecified atom stereocenters. The Bertz CT molecular complexity index is 319. The van der Waals surface area contributed by atoms with E-state index in [1.165, 1.54) is 17.7 Å². The molecule has 1 aromatic rings. The molecule has 0 bridgehead atoms. The number of rotatable bonds is 9. The summed E-state index contributed by atoms with van der Waals surface area (Å²) in [5, 5.41) is 4.65. The highest BCUT2D eigenvalue weighted by atomic mass is 32.1. The first-order chi connectivity index (χ1) is 8.67. The zero-order chi connectivity index (χ0) is 13.4. The Morgan fingerprint density at radius 3 is 2.67 bits per heavy atom. The maximum Gasteiger partial charge on any atom is 0.185 e. The first-order valence-corrected chi connectivity index (χ1v) is 7.89. The van der Waals surface area contributed by atoms with E-state index in [1.54, 1.807) is 11.3 Å². The van der Waals surface area contributed by atoms with Crippen LogP contribution in [0.5, 0.6) is 0 Å². The zero-order valence-corrected chi connectivity index (χ0v) is 13.0. The Hall–Kier alpha value is -0.610. The highest BCUT2D eigenvalue weighted by molar-refractivity contribution is 7.15. The molecule has 0 aliphatic rings. The fraction of sp³-hybridized carbons (Fsp3) is 0.786. The molecule has 3 nitrogen and oxygen atoms in total. The number of thiazole rings is 1. The summed E-state index contributed by atoms with van der Waals surface area (Å²) in [5.41, 5.74) is 0. The number of hydrogen-bond acceptors (Lipinski definition) is 4. The second-order valence-corrected chi connectivity index (χ2v) is 6.09. The van der Waals surface area contributed by atoms with Crippen LogP contribution in [0.3, 0.4) is 0 Å². The molecule has 4 heteroatoms. The molecule has 1 rings (SSSR count). The molecule has 0 fully saturated rings. The van der Waals surface area contributed by atoms with Crippen molar-refractivity contribution in [1.82, 2.24) is 10.3 Å². The molecule has 1 heterocycles. The van der Waals surface area contributed by atoms with Gasteiger partial charge in [-0.2, -0.15) is 0 Å². The topological polar surface area (TPSA) is 28.2 Å². The molecule has 1 N–H and O–H groups in total. The van der Waals surface area contributed by atoms with Crippen LogP contribution >= 0.6 is 11.3 Å². The predicted octanol–water partition coefficient (Wildman–Crippen LogP) is 3.52. The van der Waals surface area contributed by atoms with Crippen LogP contribution in [0, 0.1) is 5.92 Å². The molecular formula is C14H27N3S. The maximum absolute atomic E-state index is 4.49. The smallest absolute Gasteiger partial charge is 0.185 e. The van der Waals surface area contributed by atoms with Gasteiger partial charge in [0.2, 0.25) is 0 Å². The number of nitrogens with zero attached hydrogens (tertiary/aromatic N) is 2. The van der Waals surface area contributed by atoms with Crippen molar-refractivity contribution in [3.05, 3.63) is 11.1 Å². The average molecular weight is 269 g/mol. The quantitative estimate of drug-likeness (QED) is 0.695. The molecule has 0 radical (unpaired) electrons. The van der Waals surface area contributed by atoms with Crippen LogP contribution in [-0.4, -0.2) is 24.6 Å². The van der Waals surface area contributed by atoms with Gasteiger partial charge in [0.1, 0.15) is 0 Å². The summed E-state index contributed by atoms with van der Waals surface area (Å²) in [6.07, 6.45) is 4.58. The van der Waals surface area contributed by atoms with Crippen molar-refractivity contribution in [2.24, 2.45) is 5.92 Å². The number of hydrogen-bond donors (Lipinski definition) is 1. The van der Waals surface area contributed by atoms with Crippen molar-refractivity contribution in [2.75, 3.05) is 24.5 Å². The van der Waals surface area contributed by atoms with Gasteiger partial charge >= 0.3 is 0 Å². The third kappa shape index (κ3) is 5.36. The SMILES string of the molecule is CCN(CC)c1ncc(CNCCCC(C)C)s1. The second kappa shape index (κ2) is 8.48. The predicted molar refractivity (Wildman–Crippen MR) is 81.5 cm³/mol. The Labute approximate surface area is 116 Å². The van der Waals surface area contributed by atoms with Crippen molar-refractivity contribution < 1.29 is 0 Å². The van der Waals surface area contributed by atoms with Crippen LogP contribution in [0.15, 0.2) is 6.20 Å². The minimum absolute atomic E-state index is 0.810. The molecule has 18 heavy (non-hydrogen) atoms. The van der Waals surface area contributed by atoms with Crippen molar-refractivity contribution in [3.8, 4) is 0 Å². The summed E-state index contributed by atoms with van der Waals surface area (Å²) >= 11 is 1.81. The fourth-order valence-corrected chi connectivity index (χ4v) is 2.87. The largest absolute Gasteiger partial charge is 0.349 e. The highest BCUT2D eigenvalue weighted by Crippen LogP contribution is 2.21. The van der Waals surface area contributed by atoms with Gasteiger partial charge in [0.05, 0.1) is 0 Å². The Morgan fingerprint density at radius 1 is 1.33 bits per heavy atom. The first kappa shape index (κ1) is 15.4. The van der Waals surface area contributed by atoms with Crippen molar-refractivity contribution in [2.45, 2.75) is 47.1 Å². The number of aromatic nitrogens is 1. The van der Waals surface area contributed by atoms with Crippen LogP contribution in [0.4, 0.5) is 5.13 Å². The van der Waals surface area contributed by atoms with E-state index in [0.717, 1.165) is 37.2 Å². The van der Waals surface area contributed by atoms with Gasteiger partial charge in [-0.05, 0) is 39.2 Å². The van der Waals surface area contributed by atoms with E-state index in [9.17, 15) is 0 Å². The Balaban J connectivity index is 2.27. The molecular weight excluding hydrogens is 242 g/mol. The molecule has 0 atom stereocenters. The van der Waals surface area contributed by atoms with Gasteiger partial charge < -0.3 is 10.2 Å². The van der Waals surface area contributed by atoms with E-state index in [2.05, 4.69) is 42.9 Å². The summed E-state index contributed by atoms with van der Waals surface area (Å²) in [7, 11) is 0. The minimum atomic E-state index is 0.810. The average Bonchev–Trinajstić information content (AvgIpc) is 2.79. The van der Waals surface area contributed by atoms with Crippen LogP contribution < -0.4 is 10.2 Å². The van der Waals surface area contributed by atoms with Crippen LogP contribution in [0.25, 0.3) is 0 Å². The van der Waals surface area contributed by atoms with Crippen LogP contribution in [0.1, 0.15) is 45.4 Å². The van der Waals surface area contributed by atoms with Gasteiger partial charge in [-0.25, -0.2) is 4.98 Å². The van der Waals surface area contributed by atoms with E-state index < -0.39 is 0 Å². The van der Waals surface area contributed by atoms with E-state index in [1.807, 2.05) is 6.20 Å². The molecule has 0 aliphatic carbocycles. The van der Waals surface area contributed by atoms with Gasteiger partial charge in [0, 0.05) is 30.7 Å². The van der Waals surface area contributed by atoms with Gasteiger partial charge in [-0.3, -0.25) is 0 Å². The summed E-state index contributed by atoms with van der Waals surface area (Å²) in [6, 6.07) is 0. The third-order valence-electron chi connectivity index (χ3n) is 3.01. The van der Waals surface area contributed by atoms with Gasteiger partial charge in [-0.15, -0.1) is 11.3 Å². The van der Waals surface area contributed by atoms with E-state index in [4.69, 9.17) is 0 Å². The molecule has 0 saturated carbocycles. The lowest BCUT2D eigenvalue weighted by molar-refractivity contribution is 0.528. The molecule has 0 saturated heterocycles. The monoisotopic (exact) mass is 269 g/mol. The van der Waals surface area contributed by atoms with E-state index >= 15 is 0 Å². The molecule has 0 aliphatic heterocycles. The Kier molecular flexibility index (Phi) is 7.28. The summed E-state index contributed by atoms with van der Waals surface area (Å²) < 4.78 is 0. The second-order valence-electron chi connectivity index (χ2n) is 4.99. The van der Waals surface area contributed by atoms with Crippen molar-refractivity contribution in [1.29, 1.82) is 0 Å². The van der Waals surface area contributed by atoms with Crippen molar-refractivity contribution in [3.63, 3.8) is 0 Å². The minimum Gasteiger partial charge on any atom is -0.349 e. The van der Waals surface area contributed by atoms with Gasteiger partial charge in [0.15, 0.2) is 5.13 Å². The Morgan fingerprint density at radius 2 is 2.06 bits per heavy atom. The van der Waals surface area contributed by atoms with Gasteiger partial charge in [0.25, 0.3) is 0 Å². The lowest BCUT2D eigenvalue weighted by atomic mass is 10.1. The molecule has 0 spiro atoms. The summed E-state index contributed by atoms with van der Waals surface area (Å²) in [5.74, 6) is 0.810. The third-order valence-corrected chi connectivity index (χ3v) is 4.07. The number of anilines is 1. The van der Waals surface area contributed by atoms with Gasteiger partial charge in [-0.1, -0.05) is 13.8 Å². The standard InChI is InChI=1S/C14H27N3S/c1-5-17(6-2)14-16-11-13(18-14)10-15-9-7-8-12(3)4/h11-12,15H,5-10H2,1-4H3.